The number of halogens is 1. The standard InChI is InChI=1S/C24H29FN4O/c1-18(12-13-25)24(30)29(22-9-6-7-19(15-22)17-26)14-5-3-4-8-21-16-23(20-10-11-20)28(2)27-21/h6-7,9,15-16,20H,1,3-5,8,10-14H2,2H3. The Labute approximate surface area is 177 Å². The number of hydrogen-bond acceptors (Lipinski definition) is 3. The molecule has 3 rings (SSSR count). The van der Waals surface area contributed by atoms with Gasteiger partial charge in [-0.2, -0.15) is 10.4 Å². The summed E-state index contributed by atoms with van der Waals surface area (Å²) in [6, 6.07) is 11.3. The van der Waals surface area contributed by atoms with E-state index in [1.807, 2.05) is 11.7 Å². The number of amides is 1. The normalized spacial score (nSPS) is 13.1. The van der Waals surface area contributed by atoms with E-state index < -0.39 is 6.67 Å². The Balaban J connectivity index is 1.56. The second-order valence-corrected chi connectivity index (χ2v) is 7.93. The van der Waals surface area contributed by atoms with Gasteiger partial charge in [0.05, 0.1) is 24.0 Å². The summed E-state index contributed by atoms with van der Waals surface area (Å²) in [5, 5.41) is 13.8. The van der Waals surface area contributed by atoms with Crippen molar-refractivity contribution in [3.05, 3.63) is 59.4 Å². The molecule has 0 bridgehead atoms. The Morgan fingerprint density at radius 2 is 2.13 bits per heavy atom. The Morgan fingerprint density at radius 3 is 2.83 bits per heavy atom. The zero-order valence-corrected chi connectivity index (χ0v) is 17.6. The van der Waals surface area contributed by atoms with Gasteiger partial charge < -0.3 is 4.90 Å². The van der Waals surface area contributed by atoms with Crippen molar-refractivity contribution in [2.45, 2.75) is 50.9 Å². The Morgan fingerprint density at radius 1 is 1.33 bits per heavy atom. The Hall–Kier alpha value is -2.94. The van der Waals surface area contributed by atoms with E-state index in [1.54, 1.807) is 29.2 Å². The fourth-order valence-corrected chi connectivity index (χ4v) is 3.68. The van der Waals surface area contributed by atoms with Crippen LogP contribution < -0.4 is 4.90 Å². The summed E-state index contributed by atoms with van der Waals surface area (Å²) >= 11 is 0. The molecule has 1 heterocycles. The van der Waals surface area contributed by atoms with Crippen LogP contribution in [0.4, 0.5) is 10.1 Å². The average Bonchev–Trinajstić information content (AvgIpc) is 3.52. The van der Waals surface area contributed by atoms with Crippen molar-refractivity contribution in [3.8, 4) is 6.07 Å². The van der Waals surface area contributed by atoms with Crippen LogP contribution in [0.5, 0.6) is 0 Å². The number of unbranched alkanes of at least 4 members (excludes halogenated alkanes) is 2. The van der Waals surface area contributed by atoms with Gasteiger partial charge in [-0.25, -0.2) is 0 Å². The minimum Gasteiger partial charge on any atom is -0.309 e. The molecule has 5 nitrogen and oxygen atoms in total. The largest absolute Gasteiger partial charge is 0.309 e. The van der Waals surface area contributed by atoms with Crippen molar-refractivity contribution in [2.24, 2.45) is 7.05 Å². The van der Waals surface area contributed by atoms with E-state index in [4.69, 9.17) is 5.26 Å². The third-order valence-corrected chi connectivity index (χ3v) is 5.51. The molecule has 2 aromatic rings. The summed E-state index contributed by atoms with van der Waals surface area (Å²) < 4.78 is 14.7. The van der Waals surface area contributed by atoms with E-state index in [0.29, 0.717) is 23.7 Å². The number of hydrogen-bond donors (Lipinski definition) is 0. The van der Waals surface area contributed by atoms with Crippen molar-refractivity contribution in [1.82, 2.24) is 9.78 Å². The molecule has 1 aliphatic carbocycles. The van der Waals surface area contributed by atoms with Crippen LogP contribution in [-0.4, -0.2) is 28.9 Å². The van der Waals surface area contributed by atoms with E-state index >= 15 is 0 Å². The number of carbonyl (C=O) groups is 1. The molecule has 0 atom stereocenters. The van der Waals surface area contributed by atoms with Gasteiger partial charge in [-0.15, -0.1) is 0 Å². The van der Waals surface area contributed by atoms with Crippen LogP contribution in [-0.2, 0) is 18.3 Å². The predicted octanol–water partition coefficient (Wildman–Crippen LogP) is 4.83. The molecule has 6 heteroatoms. The summed E-state index contributed by atoms with van der Waals surface area (Å²) in [7, 11) is 2.01. The number of rotatable bonds is 11. The first-order chi connectivity index (χ1) is 14.5. The monoisotopic (exact) mass is 408 g/mol. The van der Waals surface area contributed by atoms with Crippen LogP contribution in [0.1, 0.15) is 61.4 Å². The van der Waals surface area contributed by atoms with Gasteiger partial charge in [0.25, 0.3) is 5.91 Å². The van der Waals surface area contributed by atoms with Crippen LogP contribution in [0.25, 0.3) is 0 Å². The Bertz CT molecular complexity index is 939. The lowest BCUT2D eigenvalue weighted by Gasteiger charge is -2.24. The predicted molar refractivity (Wildman–Crippen MR) is 116 cm³/mol. The van der Waals surface area contributed by atoms with E-state index in [0.717, 1.165) is 31.4 Å². The van der Waals surface area contributed by atoms with E-state index in [2.05, 4.69) is 23.8 Å². The molecule has 1 saturated carbocycles. The minimum absolute atomic E-state index is 0.0241. The van der Waals surface area contributed by atoms with Crippen LogP contribution in [0, 0.1) is 11.3 Å². The van der Waals surface area contributed by atoms with Gasteiger partial charge in [0, 0.05) is 42.9 Å². The first kappa shape index (κ1) is 21.8. The number of carbonyl (C=O) groups excluding carboxylic acids is 1. The molecule has 0 spiro atoms. The van der Waals surface area contributed by atoms with E-state index in [-0.39, 0.29) is 17.9 Å². The van der Waals surface area contributed by atoms with Crippen LogP contribution in [0.3, 0.4) is 0 Å². The number of nitrogens with zero attached hydrogens (tertiary/aromatic N) is 4. The van der Waals surface area contributed by atoms with Gasteiger partial charge in [0.15, 0.2) is 0 Å². The van der Waals surface area contributed by atoms with Gasteiger partial charge in [-0.05, 0) is 56.4 Å². The number of aromatic nitrogens is 2. The first-order valence-corrected chi connectivity index (χ1v) is 10.6. The molecule has 1 aliphatic rings. The number of benzene rings is 1. The SMILES string of the molecule is C=C(CCF)C(=O)N(CCCCCc1cc(C2CC2)n(C)n1)c1cccc(C#N)c1. The second-order valence-electron chi connectivity index (χ2n) is 7.93. The third kappa shape index (κ3) is 5.56. The first-order valence-electron chi connectivity index (χ1n) is 10.6. The number of alkyl halides is 1. The summed E-state index contributed by atoms with van der Waals surface area (Å²) in [5.74, 6) is 0.416. The van der Waals surface area contributed by atoms with E-state index in [9.17, 15) is 9.18 Å². The maximum absolute atomic E-state index is 12.8. The van der Waals surface area contributed by atoms with Gasteiger partial charge in [0.2, 0.25) is 0 Å². The molecular formula is C24H29FN4O. The number of nitriles is 1. The molecule has 158 valence electrons. The molecular weight excluding hydrogens is 379 g/mol. The minimum atomic E-state index is -0.608. The zero-order valence-electron chi connectivity index (χ0n) is 17.6. The molecule has 1 aromatic heterocycles. The highest BCUT2D eigenvalue weighted by molar-refractivity contribution is 6.05. The summed E-state index contributed by atoms with van der Waals surface area (Å²) in [6.07, 6.45) is 6.24. The van der Waals surface area contributed by atoms with Gasteiger partial charge in [-0.1, -0.05) is 19.1 Å². The third-order valence-electron chi connectivity index (χ3n) is 5.51. The van der Waals surface area contributed by atoms with Crippen molar-refractivity contribution in [1.29, 1.82) is 5.26 Å². The summed E-state index contributed by atoms with van der Waals surface area (Å²) in [6.45, 7) is 3.64. The summed E-state index contributed by atoms with van der Waals surface area (Å²) in [4.78, 5) is 14.4. The van der Waals surface area contributed by atoms with Crippen molar-refractivity contribution < 1.29 is 9.18 Å². The maximum atomic E-state index is 12.8. The van der Waals surface area contributed by atoms with Crippen LogP contribution in [0.2, 0.25) is 0 Å². The van der Waals surface area contributed by atoms with Crippen molar-refractivity contribution in [2.75, 3.05) is 18.1 Å². The highest BCUT2D eigenvalue weighted by Crippen LogP contribution is 2.40. The molecule has 0 N–H and O–H groups in total. The summed E-state index contributed by atoms with van der Waals surface area (Å²) in [5.41, 5.74) is 3.86. The van der Waals surface area contributed by atoms with Gasteiger partial charge >= 0.3 is 0 Å². The second kappa shape index (κ2) is 10.2. The van der Waals surface area contributed by atoms with Gasteiger partial charge in [-0.3, -0.25) is 13.9 Å². The number of aryl methyl sites for hydroxylation is 2. The maximum Gasteiger partial charge on any atom is 0.253 e. The lowest BCUT2D eigenvalue weighted by molar-refractivity contribution is -0.115. The lowest BCUT2D eigenvalue weighted by atomic mass is 10.1. The van der Waals surface area contributed by atoms with E-state index in [1.165, 1.54) is 18.5 Å². The fraction of sp³-hybridized carbons (Fsp3) is 0.458. The smallest absolute Gasteiger partial charge is 0.253 e. The zero-order chi connectivity index (χ0) is 21.5. The topological polar surface area (TPSA) is 61.9 Å². The highest BCUT2D eigenvalue weighted by Gasteiger charge is 2.27. The highest BCUT2D eigenvalue weighted by atomic mass is 19.1. The molecule has 0 radical (unpaired) electrons. The quantitative estimate of drug-likeness (QED) is 0.395. The molecule has 0 unspecified atom stereocenters. The molecule has 30 heavy (non-hydrogen) atoms. The molecule has 1 amide bonds. The molecule has 0 saturated heterocycles. The fourth-order valence-electron chi connectivity index (χ4n) is 3.68. The van der Waals surface area contributed by atoms with Crippen LogP contribution >= 0.6 is 0 Å². The Kier molecular flexibility index (Phi) is 7.40. The molecule has 0 aliphatic heterocycles. The molecule has 1 aromatic carbocycles. The van der Waals surface area contributed by atoms with Gasteiger partial charge in [0.1, 0.15) is 0 Å². The van der Waals surface area contributed by atoms with Crippen LogP contribution in [0.15, 0.2) is 42.5 Å². The average molecular weight is 409 g/mol. The lowest BCUT2D eigenvalue weighted by Crippen LogP contribution is -2.33. The molecule has 1 fully saturated rings. The van der Waals surface area contributed by atoms with Crippen molar-refractivity contribution >= 4 is 11.6 Å². The van der Waals surface area contributed by atoms with Crippen molar-refractivity contribution in [3.63, 3.8) is 0 Å². The number of anilines is 1.